The fraction of sp³-hybridized carbons (Fsp3) is 0.667. The minimum absolute atomic E-state index is 0.465. The molecule has 0 amide bonds. The smallest absolute Gasteiger partial charge is 0.194 e. The quantitative estimate of drug-likeness (QED) is 0.703. The zero-order valence-electron chi connectivity index (χ0n) is 7.62. The standard InChI is InChI=1S/C9H15N3O/c10-4-8-6-13-9(12-8)3-7-1-2-11-5-7/h6-7,11H,1-5,10H2. The lowest BCUT2D eigenvalue weighted by atomic mass is 10.1. The topological polar surface area (TPSA) is 64.1 Å². The van der Waals surface area contributed by atoms with Gasteiger partial charge in [-0.1, -0.05) is 0 Å². The molecule has 4 nitrogen and oxygen atoms in total. The summed E-state index contributed by atoms with van der Waals surface area (Å²) in [6.45, 7) is 2.67. The third-order valence-electron chi connectivity index (χ3n) is 2.43. The van der Waals surface area contributed by atoms with Crippen molar-refractivity contribution >= 4 is 0 Å². The number of aromatic nitrogens is 1. The van der Waals surface area contributed by atoms with Crippen LogP contribution >= 0.6 is 0 Å². The SMILES string of the molecule is NCc1coc(CC2CCNC2)n1. The second-order valence-electron chi connectivity index (χ2n) is 3.50. The Hall–Kier alpha value is -0.870. The number of hydrogen-bond acceptors (Lipinski definition) is 4. The number of nitrogens with one attached hydrogen (secondary N) is 1. The van der Waals surface area contributed by atoms with Crippen molar-refractivity contribution in [3.05, 3.63) is 17.8 Å². The Balaban J connectivity index is 1.92. The first-order valence-corrected chi connectivity index (χ1v) is 4.72. The van der Waals surface area contributed by atoms with E-state index in [9.17, 15) is 0 Å². The summed E-state index contributed by atoms with van der Waals surface area (Å²) in [6.07, 6.45) is 3.81. The lowest BCUT2D eigenvalue weighted by Gasteiger charge is -2.02. The van der Waals surface area contributed by atoms with Crippen LogP contribution in [0.25, 0.3) is 0 Å². The molecule has 0 aliphatic carbocycles. The molecule has 0 bridgehead atoms. The monoisotopic (exact) mass is 181 g/mol. The van der Waals surface area contributed by atoms with Crippen LogP contribution in [0.5, 0.6) is 0 Å². The lowest BCUT2D eigenvalue weighted by Crippen LogP contribution is -2.11. The van der Waals surface area contributed by atoms with E-state index in [0.29, 0.717) is 12.5 Å². The van der Waals surface area contributed by atoms with Gasteiger partial charge in [0.1, 0.15) is 6.26 Å². The van der Waals surface area contributed by atoms with E-state index in [1.54, 1.807) is 6.26 Å². The fourth-order valence-electron chi connectivity index (χ4n) is 1.67. The second-order valence-corrected chi connectivity index (χ2v) is 3.50. The predicted molar refractivity (Wildman–Crippen MR) is 49.1 cm³/mol. The van der Waals surface area contributed by atoms with Crippen LogP contribution in [0, 0.1) is 5.92 Å². The van der Waals surface area contributed by atoms with Crippen molar-refractivity contribution in [2.45, 2.75) is 19.4 Å². The molecule has 13 heavy (non-hydrogen) atoms. The highest BCUT2D eigenvalue weighted by atomic mass is 16.3. The van der Waals surface area contributed by atoms with Crippen molar-refractivity contribution in [3.63, 3.8) is 0 Å². The van der Waals surface area contributed by atoms with Gasteiger partial charge >= 0.3 is 0 Å². The summed E-state index contributed by atoms with van der Waals surface area (Å²) in [5.74, 6) is 1.51. The van der Waals surface area contributed by atoms with Crippen LogP contribution in [0.1, 0.15) is 18.0 Å². The maximum Gasteiger partial charge on any atom is 0.194 e. The van der Waals surface area contributed by atoms with E-state index in [-0.39, 0.29) is 0 Å². The average molecular weight is 181 g/mol. The first-order chi connectivity index (χ1) is 6.38. The summed E-state index contributed by atoms with van der Waals surface area (Å²) in [4.78, 5) is 4.27. The zero-order chi connectivity index (χ0) is 9.10. The number of hydrogen-bond donors (Lipinski definition) is 2. The maximum absolute atomic E-state index is 5.44. The van der Waals surface area contributed by atoms with E-state index in [1.165, 1.54) is 6.42 Å². The molecule has 1 aromatic heterocycles. The number of nitrogens with zero attached hydrogens (tertiary/aromatic N) is 1. The predicted octanol–water partition coefficient (Wildman–Crippen LogP) is 0.285. The van der Waals surface area contributed by atoms with Gasteiger partial charge in [0.2, 0.25) is 0 Å². The van der Waals surface area contributed by atoms with Crippen LogP contribution in [0.2, 0.25) is 0 Å². The minimum atomic E-state index is 0.465. The summed E-state index contributed by atoms with van der Waals surface area (Å²) < 4.78 is 5.30. The zero-order valence-corrected chi connectivity index (χ0v) is 7.62. The van der Waals surface area contributed by atoms with Crippen LogP contribution in [0.15, 0.2) is 10.7 Å². The first-order valence-electron chi connectivity index (χ1n) is 4.72. The van der Waals surface area contributed by atoms with Crippen molar-refractivity contribution in [3.8, 4) is 0 Å². The molecule has 1 aliphatic heterocycles. The van der Waals surface area contributed by atoms with Crippen molar-refractivity contribution in [2.24, 2.45) is 11.7 Å². The molecule has 2 rings (SSSR count). The molecule has 72 valence electrons. The van der Waals surface area contributed by atoms with Crippen molar-refractivity contribution in [1.82, 2.24) is 10.3 Å². The van der Waals surface area contributed by atoms with Crippen LogP contribution in [0.3, 0.4) is 0 Å². The van der Waals surface area contributed by atoms with Crippen LogP contribution in [-0.4, -0.2) is 18.1 Å². The second kappa shape index (κ2) is 3.89. The van der Waals surface area contributed by atoms with E-state index in [2.05, 4.69) is 10.3 Å². The summed E-state index contributed by atoms with van der Waals surface area (Å²) >= 11 is 0. The van der Waals surface area contributed by atoms with E-state index >= 15 is 0 Å². The minimum Gasteiger partial charge on any atom is -0.449 e. The van der Waals surface area contributed by atoms with Crippen LogP contribution in [-0.2, 0) is 13.0 Å². The van der Waals surface area contributed by atoms with Crippen molar-refractivity contribution in [2.75, 3.05) is 13.1 Å². The van der Waals surface area contributed by atoms with E-state index < -0.39 is 0 Å². The molecule has 0 spiro atoms. The lowest BCUT2D eigenvalue weighted by molar-refractivity contribution is 0.442. The summed E-state index contributed by atoms with van der Waals surface area (Å²) in [7, 11) is 0. The van der Waals surface area contributed by atoms with Gasteiger partial charge in [-0.2, -0.15) is 0 Å². The van der Waals surface area contributed by atoms with Gasteiger partial charge < -0.3 is 15.5 Å². The molecule has 1 aliphatic rings. The Morgan fingerprint density at radius 3 is 3.23 bits per heavy atom. The third-order valence-corrected chi connectivity index (χ3v) is 2.43. The van der Waals surface area contributed by atoms with Gasteiger partial charge in [0, 0.05) is 13.0 Å². The van der Waals surface area contributed by atoms with Gasteiger partial charge in [0.15, 0.2) is 5.89 Å². The molecule has 3 N–H and O–H groups in total. The summed E-state index contributed by atoms with van der Waals surface area (Å²) in [5, 5.41) is 3.32. The third kappa shape index (κ3) is 2.08. The maximum atomic E-state index is 5.44. The van der Waals surface area contributed by atoms with Gasteiger partial charge in [-0.25, -0.2) is 4.98 Å². The van der Waals surface area contributed by atoms with Gasteiger partial charge in [-0.3, -0.25) is 0 Å². The van der Waals surface area contributed by atoms with E-state index in [1.807, 2.05) is 0 Å². The fourth-order valence-corrected chi connectivity index (χ4v) is 1.67. The highest BCUT2D eigenvalue weighted by Gasteiger charge is 2.17. The summed E-state index contributed by atoms with van der Waals surface area (Å²) in [6, 6.07) is 0. The Bertz CT molecular complexity index is 266. The molecule has 0 aromatic carbocycles. The number of rotatable bonds is 3. The molecule has 0 saturated carbocycles. The molecule has 1 aromatic rings. The highest BCUT2D eigenvalue weighted by molar-refractivity contribution is 4.97. The van der Waals surface area contributed by atoms with Crippen molar-refractivity contribution < 1.29 is 4.42 Å². The Labute approximate surface area is 77.5 Å². The molecule has 1 fully saturated rings. The van der Waals surface area contributed by atoms with Crippen LogP contribution < -0.4 is 11.1 Å². The average Bonchev–Trinajstić information content (AvgIpc) is 2.76. The summed E-state index contributed by atoms with van der Waals surface area (Å²) in [5.41, 5.74) is 6.28. The van der Waals surface area contributed by atoms with Crippen LogP contribution in [0.4, 0.5) is 0 Å². The van der Waals surface area contributed by atoms with E-state index in [0.717, 1.165) is 31.1 Å². The van der Waals surface area contributed by atoms with Gasteiger partial charge in [-0.05, 0) is 25.4 Å². The number of oxazole rings is 1. The largest absolute Gasteiger partial charge is 0.449 e. The van der Waals surface area contributed by atoms with Crippen molar-refractivity contribution in [1.29, 1.82) is 0 Å². The highest BCUT2D eigenvalue weighted by Crippen LogP contribution is 2.14. The molecular formula is C9H15N3O. The Kier molecular flexibility index (Phi) is 2.61. The molecular weight excluding hydrogens is 166 g/mol. The number of nitrogens with two attached hydrogens (primary N) is 1. The molecule has 1 unspecified atom stereocenters. The normalized spacial score (nSPS) is 22.4. The molecule has 4 heteroatoms. The Morgan fingerprint density at radius 2 is 2.62 bits per heavy atom. The molecule has 1 atom stereocenters. The Morgan fingerprint density at radius 1 is 1.69 bits per heavy atom. The molecule has 1 saturated heterocycles. The van der Waals surface area contributed by atoms with Gasteiger partial charge in [0.25, 0.3) is 0 Å². The van der Waals surface area contributed by atoms with E-state index in [4.69, 9.17) is 10.2 Å². The van der Waals surface area contributed by atoms with Gasteiger partial charge in [0.05, 0.1) is 5.69 Å². The molecule has 0 radical (unpaired) electrons. The van der Waals surface area contributed by atoms with Gasteiger partial charge in [-0.15, -0.1) is 0 Å². The molecule has 2 heterocycles. The first kappa shape index (κ1) is 8.72.